The zero-order valence-electron chi connectivity index (χ0n) is 8.88. The highest BCUT2D eigenvalue weighted by Crippen LogP contribution is 2.07. The van der Waals surface area contributed by atoms with Crippen LogP contribution in [0, 0.1) is 0 Å². The number of rotatable bonds is 5. The first kappa shape index (κ1) is 11.0. The lowest BCUT2D eigenvalue weighted by atomic mass is 10.1. The molecule has 1 atom stereocenters. The third-order valence-corrected chi connectivity index (χ3v) is 2.58. The van der Waals surface area contributed by atoms with Gasteiger partial charge < -0.3 is 15.0 Å². The number of hydrogen-bond donors (Lipinski definition) is 1. The molecule has 1 fully saturated rings. The number of nitrogens with zero attached hydrogens (tertiary/aromatic N) is 1. The lowest BCUT2D eigenvalue weighted by Crippen LogP contribution is -2.44. The summed E-state index contributed by atoms with van der Waals surface area (Å²) < 4.78 is 5.00. The molecule has 0 aromatic carbocycles. The van der Waals surface area contributed by atoms with Gasteiger partial charge in [-0.25, -0.2) is 0 Å². The Morgan fingerprint density at radius 2 is 2.38 bits per heavy atom. The van der Waals surface area contributed by atoms with Gasteiger partial charge in [-0.3, -0.25) is 0 Å². The minimum atomic E-state index is 0.704. The van der Waals surface area contributed by atoms with Gasteiger partial charge >= 0.3 is 0 Å². The molecule has 0 aromatic rings. The van der Waals surface area contributed by atoms with Crippen LogP contribution in [0.5, 0.6) is 0 Å². The van der Waals surface area contributed by atoms with Gasteiger partial charge in [0.05, 0.1) is 0 Å². The van der Waals surface area contributed by atoms with E-state index >= 15 is 0 Å². The number of ether oxygens (including phenoxy) is 1. The lowest BCUT2D eigenvalue weighted by molar-refractivity contribution is 0.186. The summed E-state index contributed by atoms with van der Waals surface area (Å²) in [7, 11) is 3.96. The van der Waals surface area contributed by atoms with Crippen molar-refractivity contribution in [3.63, 3.8) is 0 Å². The van der Waals surface area contributed by atoms with Crippen LogP contribution < -0.4 is 5.32 Å². The quantitative estimate of drug-likeness (QED) is 0.640. The summed E-state index contributed by atoms with van der Waals surface area (Å²) in [6.45, 7) is 4.42. The molecule has 0 aromatic heterocycles. The van der Waals surface area contributed by atoms with E-state index in [1.165, 1.54) is 25.9 Å². The van der Waals surface area contributed by atoms with Gasteiger partial charge in [0.1, 0.15) is 0 Å². The molecular formula is C10H22N2O. The maximum absolute atomic E-state index is 5.00. The lowest BCUT2D eigenvalue weighted by Gasteiger charge is -2.30. The van der Waals surface area contributed by atoms with E-state index in [2.05, 4.69) is 17.3 Å². The van der Waals surface area contributed by atoms with E-state index in [1.54, 1.807) is 7.11 Å². The van der Waals surface area contributed by atoms with Gasteiger partial charge in [0.15, 0.2) is 0 Å². The van der Waals surface area contributed by atoms with Crippen molar-refractivity contribution in [1.82, 2.24) is 10.2 Å². The van der Waals surface area contributed by atoms with E-state index in [-0.39, 0.29) is 0 Å². The minimum Gasteiger partial charge on any atom is -0.385 e. The molecule has 0 spiro atoms. The Kier molecular flexibility index (Phi) is 5.35. The van der Waals surface area contributed by atoms with Crippen LogP contribution in [0.25, 0.3) is 0 Å². The first-order valence-electron chi connectivity index (χ1n) is 5.24. The van der Waals surface area contributed by atoms with Crippen LogP contribution in [0.15, 0.2) is 0 Å². The largest absolute Gasteiger partial charge is 0.385 e. The fourth-order valence-corrected chi connectivity index (χ4v) is 1.86. The second-order valence-electron chi connectivity index (χ2n) is 3.90. The SMILES string of the molecule is COCCCNC1CCCN(C)C1. The number of piperidine rings is 1. The molecule has 0 aliphatic carbocycles. The summed E-state index contributed by atoms with van der Waals surface area (Å²) in [6.07, 6.45) is 3.78. The van der Waals surface area contributed by atoms with Gasteiger partial charge in [-0.2, -0.15) is 0 Å². The normalized spacial score (nSPS) is 24.9. The summed E-state index contributed by atoms with van der Waals surface area (Å²) >= 11 is 0. The Hall–Kier alpha value is -0.120. The van der Waals surface area contributed by atoms with Gasteiger partial charge in [0, 0.05) is 26.3 Å². The molecule has 0 amide bonds. The average molecular weight is 186 g/mol. The molecule has 13 heavy (non-hydrogen) atoms. The second-order valence-corrected chi connectivity index (χ2v) is 3.90. The fraction of sp³-hybridized carbons (Fsp3) is 1.00. The Balaban J connectivity index is 2.00. The van der Waals surface area contributed by atoms with Crippen LogP contribution in [0.4, 0.5) is 0 Å². The van der Waals surface area contributed by atoms with Crippen molar-refractivity contribution >= 4 is 0 Å². The Bertz CT molecular complexity index is 130. The Labute approximate surface area is 81.4 Å². The van der Waals surface area contributed by atoms with E-state index < -0.39 is 0 Å². The molecule has 1 heterocycles. The third kappa shape index (κ3) is 4.60. The van der Waals surface area contributed by atoms with Crippen molar-refractivity contribution in [2.45, 2.75) is 25.3 Å². The predicted octanol–water partition coefficient (Wildman–Crippen LogP) is 0.707. The molecule has 78 valence electrons. The Morgan fingerprint density at radius 3 is 3.08 bits per heavy atom. The molecule has 1 saturated heterocycles. The molecule has 1 N–H and O–H groups in total. The van der Waals surface area contributed by atoms with Crippen LogP contribution in [0.1, 0.15) is 19.3 Å². The van der Waals surface area contributed by atoms with Gasteiger partial charge in [0.2, 0.25) is 0 Å². The van der Waals surface area contributed by atoms with Crippen LogP contribution in [-0.2, 0) is 4.74 Å². The number of hydrogen-bond acceptors (Lipinski definition) is 3. The molecule has 1 rings (SSSR count). The highest BCUT2D eigenvalue weighted by Gasteiger charge is 2.15. The summed E-state index contributed by atoms with van der Waals surface area (Å²) in [6, 6.07) is 0.704. The number of likely N-dealkylation sites (tertiary alicyclic amines) is 1. The molecule has 1 unspecified atom stereocenters. The maximum Gasteiger partial charge on any atom is 0.0474 e. The van der Waals surface area contributed by atoms with E-state index in [9.17, 15) is 0 Å². The van der Waals surface area contributed by atoms with Crippen LogP contribution in [-0.4, -0.2) is 51.3 Å². The van der Waals surface area contributed by atoms with Crippen molar-refractivity contribution in [3.8, 4) is 0 Å². The Morgan fingerprint density at radius 1 is 1.54 bits per heavy atom. The van der Waals surface area contributed by atoms with E-state index in [0.717, 1.165) is 19.6 Å². The predicted molar refractivity (Wildman–Crippen MR) is 55.0 cm³/mol. The van der Waals surface area contributed by atoms with Crippen molar-refractivity contribution < 1.29 is 4.74 Å². The average Bonchev–Trinajstić information content (AvgIpc) is 2.13. The van der Waals surface area contributed by atoms with E-state index in [0.29, 0.717) is 6.04 Å². The molecular weight excluding hydrogens is 164 g/mol. The highest BCUT2D eigenvalue weighted by molar-refractivity contribution is 4.75. The van der Waals surface area contributed by atoms with Crippen molar-refractivity contribution in [2.24, 2.45) is 0 Å². The highest BCUT2D eigenvalue weighted by atomic mass is 16.5. The summed E-state index contributed by atoms with van der Waals surface area (Å²) in [4.78, 5) is 2.40. The molecule has 3 heteroatoms. The van der Waals surface area contributed by atoms with Crippen LogP contribution in [0.3, 0.4) is 0 Å². The zero-order chi connectivity index (χ0) is 9.52. The standard InChI is InChI=1S/C10H22N2O/c1-12-7-3-5-10(9-12)11-6-4-8-13-2/h10-11H,3-9H2,1-2H3. The molecule has 0 bridgehead atoms. The number of nitrogens with one attached hydrogen (secondary N) is 1. The van der Waals surface area contributed by atoms with Crippen molar-refractivity contribution in [3.05, 3.63) is 0 Å². The topological polar surface area (TPSA) is 24.5 Å². The minimum absolute atomic E-state index is 0.704. The smallest absolute Gasteiger partial charge is 0.0474 e. The van der Waals surface area contributed by atoms with Gasteiger partial charge in [-0.1, -0.05) is 0 Å². The van der Waals surface area contributed by atoms with Crippen molar-refractivity contribution in [1.29, 1.82) is 0 Å². The number of methoxy groups -OCH3 is 1. The van der Waals surface area contributed by atoms with Gasteiger partial charge in [0.25, 0.3) is 0 Å². The van der Waals surface area contributed by atoms with E-state index in [4.69, 9.17) is 4.74 Å². The molecule has 1 aliphatic heterocycles. The third-order valence-electron chi connectivity index (χ3n) is 2.58. The van der Waals surface area contributed by atoms with Crippen LogP contribution in [0.2, 0.25) is 0 Å². The molecule has 0 radical (unpaired) electrons. The maximum atomic E-state index is 5.00. The first-order valence-corrected chi connectivity index (χ1v) is 5.24. The molecule has 0 saturated carbocycles. The van der Waals surface area contributed by atoms with Gasteiger partial charge in [-0.15, -0.1) is 0 Å². The summed E-state index contributed by atoms with van der Waals surface area (Å²) in [5, 5.41) is 3.57. The summed E-state index contributed by atoms with van der Waals surface area (Å²) in [5.41, 5.74) is 0. The first-order chi connectivity index (χ1) is 6.33. The zero-order valence-corrected chi connectivity index (χ0v) is 8.88. The number of likely N-dealkylation sites (N-methyl/N-ethyl adjacent to an activating group) is 1. The van der Waals surface area contributed by atoms with Crippen molar-refractivity contribution in [2.75, 3.05) is 40.4 Å². The van der Waals surface area contributed by atoms with E-state index in [1.807, 2.05) is 0 Å². The molecule has 3 nitrogen and oxygen atoms in total. The fourth-order valence-electron chi connectivity index (χ4n) is 1.86. The molecule has 1 aliphatic rings. The van der Waals surface area contributed by atoms with Gasteiger partial charge in [-0.05, 0) is 39.4 Å². The monoisotopic (exact) mass is 186 g/mol. The summed E-state index contributed by atoms with van der Waals surface area (Å²) in [5.74, 6) is 0. The van der Waals surface area contributed by atoms with Crippen LogP contribution >= 0.6 is 0 Å². The second kappa shape index (κ2) is 6.35.